The maximum absolute atomic E-state index is 12.7. The van der Waals surface area contributed by atoms with Gasteiger partial charge in [0.25, 0.3) is 0 Å². The fourth-order valence-corrected chi connectivity index (χ4v) is 1.18. The van der Waals surface area contributed by atoms with Gasteiger partial charge in [0.05, 0.1) is 0 Å². The van der Waals surface area contributed by atoms with Gasteiger partial charge >= 0.3 is 0 Å². The summed E-state index contributed by atoms with van der Waals surface area (Å²) in [7, 11) is 1.89. The molecular formula is C10H15FN2. The number of nitrogen functional groups attached to an aromatic ring is 1. The third kappa shape index (κ3) is 2.70. The van der Waals surface area contributed by atoms with Crippen molar-refractivity contribution in [1.82, 2.24) is 5.32 Å². The van der Waals surface area contributed by atoms with Gasteiger partial charge in [-0.2, -0.15) is 0 Å². The second kappa shape index (κ2) is 4.23. The van der Waals surface area contributed by atoms with Crippen LogP contribution < -0.4 is 11.1 Å². The highest BCUT2D eigenvalue weighted by molar-refractivity contribution is 5.47. The number of benzene rings is 1. The Labute approximate surface area is 77.9 Å². The predicted molar refractivity (Wildman–Crippen MR) is 53.0 cm³/mol. The summed E-state index contributed by atoms with van der Waals surface area (Å²) in [4.78, 5) is 0. The fourth-order valence-electron chi connectivity index (χ4n) is 1.18. The molecule has 1 rings (SSSR count). The summed E-state index contributed by atoms with van der Waals surface area (Å²) in [6.45, 7) is 2.06. The first-order valence-corrected chi connectivity index (χ1v) is 4.34. The van der Waals surface area contributed by atoms with Crippen LogP contribution in [0.5, 0.6) is 0 Å². The van der Waals surface area contributed by atoms with E-state index >= 15 is 0 Å². The summed E-state index contributed by atoms with van der Waals surface area (Å²) in [6, 6.07) is 4.89. The number of nitrogens with one attached hydrogen (secondary N) is 1. The van der Waals surface area contributed by atoms with Crippen molar-refractivity contribution in [3.8, 4) is 0 Å². The highest BCUT2D eigenvalue weighted by Crippen LogP contribution is 2.14. The van der Waals surface area contributed by atoms with E-state index < -0.39 is 0 Å². The quantitative estimate of drug-likeness (QED) is 0.696. The molecular weight excluding hydrogens is 167 g/mol. The van der Waals surface area contributed by atoms with E-state index in [1.807, 2.05) is 7.05 Å². The molecule has 0 aromatic heterocycles. The van der Waals surface area contributed by atoms with Crippen molar-refractivity contribution < 1.29 is 4.39 Å². The number of hydrogen-bond donors (Lipinski definition) is 2. The SMILES string of the molecule is CNC(C)Cc1ccc(F)cc1N. The minimum Gasteiger partial charge on any atom is -0.398 e. The fraction of sp³-hybridized carbons (Fsp3) is 0.400. The number of likely N-dealkylation sites (N-methyl/N-ethyl adjacent to an activating group) is 1. The van der Waals surface area contributed by atoms with Gasteiger partial charge in [-0.15, -0.1) is 0 Å². The van der Waals surface area contributed by atoms with Gasteiger partial charge in [0.15, 0.2) is 0 Å². The third-order valence-electron chi connectivity index (χ3n) is 2.13. The summed E-state index contributed by atoms with van der Waals surface area (Å²) in [6.07, 6.45) is 0.822. The molecule has 72 valence electrons. The van der Waals surface area contributed by atoms with Gasteiger partial charge in [-0.3, -0.25) is 0 Å². The molecule has 0 aliphatic rings. The van der Waals surface area contributed by atoms with E-state index in [-0.39, 0.29) is 5.82 Å². The summed E-state index contributed by atoms with van der Waals surface area (Å²) < 4.78 is 12.7. The summed E-state index contributed by atoms with van der Waals surface area (Å²) >= 11 is 0. The van der Waals surface area contributed by atoms with Gasteiger partial charge in [-0.05, 0) is 38.1 Å². The molecule has 0 amide bonds. The van der Waals surface area contributed by atoms with Crippen molar-refractivity contribution >= 4 is 5.69 Å². The first-order valence-electron chi connectivity index (χ1n) is 4.34. The van der Waals surface area contributed by atoms with Gasteiger partial charge in [0, 0.05) is 11.7 Å². The molecule has 2 nitrogen and oxygen atoms in total. The molecule has 1 aromatic carbocycles. The Bertz CT molecular complexity index is 286. The Morgan fingerprint density at radius 2 is 2.23 bits per heavy atom. The van der Waals surface area contributed by atoms with Crippen LogP contribution in [0.1, 0.15) is 12.5 Å². The normalized spacial score (nSPS) is 12.8. The lowest BCUT2D eigenvalue weighted by Crippen LogP contribution is -2.23. The van der Waals surface area contributed by atoms with Crippen LogP contribution in [0.15, 0.2) is 18.2 Å². The Kier molecular flexibility index (Phi) is 3.25. The molecule has 13 heavy (non-hydrogen) atoms. The van der Waals surface area contributed by atoms with E-state index in [9.17, 15) is 4.39 Å². The van der Waals surface area contributed by atoms with Gasteiger partial charge < -0.3 is 11.1 Å². The number of anilines is 1. The zero-order chi connectivity index (χ0) is 9.84. The molecule has 0 spiro atoms. The summed E-state index contributed by atoms with van der Waals surface area (Å²) in [5.41, 5.74) is 7.18. The maximum Gasteiger partial charge on any atom is 0.125 e. The second-order valence-corrected chi connectivity index (χ2v) is 3.24. The van der Waals surface area contributed by atoms with Crippen molar-refractivity contribution in [2.75, 3.05) is 12.8 Å². The summed E-state index contributed by atoms with van der Waals surface area (Å²) in [5.74, 6) is -0.279. The highest BCUT2D eigenvalue weighted by atomic mass is 19.1. The average molecular weight is 182 g/mol. The minimum absolute atomic E-state index is 0.279. The van der Waals surface area contributed by atoms with Crippen LogP contribution in [0.4, 0.5) is 10.1 Å². The maximum atomic E-state index is 12.7. The van der Waals surface area contributed by atoms with Crippen LogP contribution in [-0.4, -0.2) is 13.1 Å². The molecule has 0 saturated heterocycles. The molecule has 0 radical (unpaired) electrons. The monoisotopic (exact) mass is 182 g/mol. The van der Waals surface area contributed by atoms with Gasteiger partial charge in [-0.1, -0.05) is 6.07 Å². The molecule has 1 aromatic rings. The van der Waals surface area contributed by atoms with Crippen molar-refractivity contribution in [1.29, 1.82) is 0 Å². The molecule has 0 bridgehead atoms. The predicted octanol–water partition coefficient (Wildman–Crippen LogP) is 1.56. The molecule has 0 saturated carbocycles. The van der Waals surface area contributed by atoms with Crippen LogP contribution in [0.3, 0.4) is 0 Å². The summed E-state index contributed by atoms with van der Waals surface area (Å²) in [5, 5.41) is 3.11. The van der Waals surface area contributed by atoms with E-state index in [2.05, 4.69) is 12.2 Å². The standard InChI is InChI=1S/C10H15FN2/c1-7(13-2)5-8-3-4-9(11)6-10(8)12/h3-4,6-7,13H,5,12H2,1-2H3. The largest absolute Gasteiger partial charge is 0.398 e. The zero-order valence-corrected chi connectivity index (χ0v) is 7.97. The van der Waals surface area contributed by atoms with E-state index in [1.54, 1.807) is 6.07 Å². The van der Waals surface area contributed by atoms with Crippen molar-refractivity contribution in [2.45, 2.75) is 19.4 Å². The lowest BCUT2D eigenvalue weighted by molar-refractivity contribution is 0.604. The lowest BCUT2D eigenvalue weighted by atomic mass is 10.1. The first-order chi connectivity index (χ1) is 6.13. The topological polar surface area (TPSA) is 38.0 Å². The van der Waals surface area contributed by atoms with Gasteiger partial charge in [0.1, 0.15) is 5.82 Å². The van der Waals surface area contributed by atoms with Crippen molar-refractivity contribution in [3.63, 3.8) is 0 Å². The van der Waals surface area contributed by atoms with E-state index in [0.29, 0.717) is 11.7 Å². The van der Waals surface area contributed by atoms with Gasteiger partial charge in [0.2, 0.25) is 0 Å². The molecule has 0 fully saturated rings. The molecule has 0 heterocycles. The molecule has 3 N–H and O–H groups in total. The lowest BCUT2D eigenvalue weighted by Gasteiger charge is -2.11. The van der Waals surface area contributed by atoms with E-state index in [0.717, 1.165) is 12.0 Å². The van der Waals surface area contributed by atoms with Crippen LogP contribution >= 0.6 is 0 Å². The number of halogens is 1. The van der Waals surface area contributed by atoms with Crippen molar-refractivity contribution in [2.24, 2.45) is 0 Å². The van der Waals surface area contributed by atoms with Crippen LogP contribution in [0, 0.1) is 5.82 Å². The smallest absolute Gasteiger partial charge is 0.125 e. The van der Waals surface area contributed by atoms with Crippen LogP contribution in [0.2, 0.25) is 0 Å². The minimum atomic E-state index is -0.279. The van der Waals surface area contributed by atoms with E-state index in [1.165, 1.54) is 12.1 Å². The molecule has 3 heteroatoms. The highest BCUT2D eigenvalue weighted by Gasteiger charge is 2.04. The Morgan fingerprint density at radius 3 is 2.77 bits per heavy atom. The first kappa shape index (κ1) is 9.99. The Balaban J connectivity index is 2.77. The third-order valence-corrected chi connectivity index (χ3v) is 2.13. The second-order valence-electron chi connectivity index (χ2n) is 3.24. The Hall–Kier alpha value is -1.09. The van der Waals surface area contributed by atoms with Crippen LogP contribution in [0.25, 0.3) is 0 Å². The average Bonchev–Trinajstić information content (AvgIpc) is 2.09. The zero-order valence-electron chi connectivity index (χ0n) is 7.97. The number of hydrogen-bond acceptors (Lipinski definition) is 2. The van der Waals surface area contributed by atoms with E-state index in [4.69, 9.17) is 5.73 Å². The number of nitrogens with two attached hydrogens (primary N) is 1. The van der Waals surface area contributed by atoms with Gasteiger partial charge in [-0.25, -0.2) is 4.39 Å². The van der Waals surface area contributed by atoms with Crippen LogP contribution in [-0.2, 0) is 6.42 Å². The Morgan fingerprint density at radius 1 is 1.54 bits per heavy atom. The molecule has 0 aliphatic heterocycles. The molecule has 1 unspecified atom stereocenters. The molecule has 1 atom stereocenters. The number of rotatable bonds is 3. The molecule has 0 aliphatic carbocycles. The van der Waals surface area contributed by atoms with Crippen molar-refractivity contribution in [3.05, 3.63) is 29.6 Å².